The van der Waals surface area contributed by atoms with Gasteiger partial charge in [-0.1, -0.05) is 6.08 Å². The summed E-state index contributed by atoms with van der Waals surface area (Å²) in [5, 5.41) is 16.0. The van der Waals surface area contributed by atoms with Crippen molar-refractivity contribution in [2.24, 2.45) is 5.92 Å². The minimum atomic E-state index is 0.456. The number of hydrogen-bond donors (Lipinski definition) is 2. The van der Waals surface area contributed by atoms with Gasteiger partial charge in [-0.25, -0.2) is 9.97 Å². The van der Waals surface area contributed by atoms with Crippen LogP contribution >= 0.6 is 0 Å². The normalized spacial score (nSPS) is 24.1. The number of aromatic nitrogens is 2. The van der Waals surface area contributed by atoms with E-state index in [9.17, 15) is 5.26 Å². The van der Waals surface area contributed by atoms with Crippen LogP contribution < -0.4 is 10.6 Å². The molecule has 2 aliphatic carbocycles. The molecular formula is C16H21N5. The first-order valence-corrected chi connectivity index (χ1v) is 7.67. The van der Waals surface area contributed by atoms with Crippen LogP contribution in [0.3, 0.4) is 0 Å². The first-order valence-electron chi connectivity index (χ1n) is 7.67. The van der Waals surface area contributed by atoms with E-state index in [-0.39, 0.29) is 0 Å². The van der Waals surface area contributed by atoms with E-state index >= 15 is 0 Å². The smallest absolute Gasteiger partial charge is 0.138 e. The lowest BCUT2D eigenvalue weighted by Gasteiger charge is -2.29. The van der Waals surface area contributed by atoms with Crippen molar-refractivity contribution < 1.29 is 0 Å². The average Bonchev–Trinajstić information content (AvgIpc) is 2.94. The maximum atomic E-state index is 9.23. The molecule has 0 aromatic carbocycles. The number of allylic oxidation sites excluding steroid dienone is 2. The van der Waals surface area contributed by atoms with Crippen LogP contribution in [0.5, 0.6) is 0 Å². The molecule has 1 aromatic heterocycles. The molecule has 2 aliphatic rings. The fourth-order valence-corrected chi connectivity index (χ4v) is 3.36. The van der Waals surface area contributed by atoms with E-state index in [0.717, 1.165) is 48.8 Å². The van der Waals surface area contributed by atoms with Gasteiger partial charge in [0.1, 0.15) is 12.1 Å². The fourth-order valence-electron chi connectivity index (χ4n) is 3.36. The van der Waals surface area contributed by atoms with Gasteiger partial charge < -0.3 is 10.6 Å². The highest BCUT2D eigenvalue weighted by atomic mass is 15.0. The number of fused-ring (bicyclic) bond motifs is 1. The molecule has 0 aliphatic heterocycles. The molecular weight excluding hydrogens is 262 g/mol. The molecule has 5 heteroatoms. The van der Waals surface area contributed by atoms with E-state index in [4.69, 9.17) is 0 Å². The first-order chi connectivity index (χ1) is 10.3. The molecule has 0 atom stereocenters. The summed E-state index contributed by atoms with van der Waals surface area (Å²) in [6.07, 6.45) is 9.09. The summed E-state index contributed by atoms with van der Waals surface area (Å²) < 4.78 is 0. The molecule has 5 nitrogen and oxygen atoms in total. The molecule has 0 bridgehead atoms. The quantitative estimate of drug-likeness (QED) is 0.885. The van der Waals surface area contributed by atoms with Crippen LogP contribution in [0.25, 0.3) is 5.57 Å². The molecule has 0 amide bonds. The summed E-state index contributed by atoms with van der Waals surface area (Å²) in [5.41, 5.74) is 2.59. The van der Waals surface area contributed by atoms with E-state index in [2.05, 4.69) is 26.7 Å². The van der Waals surface area contributed by atoms with Gasteiger partial charge in [-0.15, -0.1) is 0 Å². The SMILES string of the molecule is CNCC1CCC(Nc2ncnc3c2C(C#N)=CC3)CC1. The lowest BCUT2D eigenvalue weighted by atomic mass is 9.86. The summed E-state index contributed by atoms with van der Waals surface area (Å²) in [6.45, 7) is 1.11. The summed E-state index contributed by atoms with van der Waals surface area (Å²) in [6, 6.07) is 2.71. The molecule has 2 N–H and O–H groups in total. The molecule has 0 radical (unpaired) electrons. The first kappa shape index (κ1) is 14.0. The third kappa shape index (κ3) is 2.91. The molecule has 3 rings (SSSR count). The second-order valence-electron chi connectivity index (χ2n) is 5.90. The highest BCUT2D eigenvalue weighted by molar-refractivity contribution is 5.86. The van der Waals surface area contributed by atoms with Crippen LogP contribution in [0.1, 0.15) is 36.9 Å². The van der Waals surface area contributed by atoms with Crippen molar-refractivity contribution in [2.75, 3.05) is 18.9 Å². The van der Waals surface area contributed by atoms with E-state index < -0.39 is 0 Å². The Kier molecular flexibility index (Phi) is 4.16. The summed E-state index contributed by atoms with van der Waals surface area (Å²) in [4.78, 5) is 8.66. The lowest BCUT2D eigenvalue weighted by Crippen LogP contribution is -2.30. The highest BCUT2D eigenvalue weighted by Gasteiger charge is 2.24. The molecule has 1 fully saturated rings. The van der Waals surface area contributed by atoms with Crippen molar-refractivity contribution in [1.82, 2.24) is 15.3 Å². The maximum absolute atomic E-state index is 9.23. The zero-order valence-corrected chi connectivity index (χ0v) is 12.4. The standard InChI is InChI=1S/C16H21N5/c1-18-9-11-2-5-13(6-3-11)21-16-15-12(8-17)4-7-14(15)19-10-20-16/h4,10-11,13,18H,2-3,5-7,9H2,1H3,(H,19,20,21). The predicted octanol–water partition coefficient (Wildman–Crippen LogP) is 2.13. The Bertz CT molecular complexity index is 579. The Morgan fingerprint density at radius 3 is 2.81 bits per heavy atom. The Labute approximate surface area is 125 Å². The van der Waals surface area contributed by atoms with Gasteiger partial charge >= 0.3 is 0 Å². The Morgan fingerprint density at radius 2 is 2.10 bits per heavy atom. The van der Waals surface area contributed by atoms with Crippen molar-refractivity contribution in [1.29, 1.82) is 5.26 Å². The minimum absolute atomic E-state index is 0.456. The molecule has 1 aromatic rings. The molecule has 21 heavy (non-hydrogen) atoms. The monoisotopic (exact) mass is 283 g/mol. The average molecular weight is 283 g/mol. The second-order valence-corrected chi connectivity index (χ2v) is 5.90. The number of anilines is 1. The van der Waals surface area contributed by atoms with Gasteiger partial charge in [-0.3, -0.25) is 0 Å². The van der Waals surface area contributed by atoms with E-state index in [0.29, 0.717) is 11.6 Å². The molecule has 0 unspecified atom stereocenters. The fraction of sp³-hybridized carbons (Fsp3) is 0.562. The van der Waals surface area contributed by atoms with Crippen molar-refractivity contribution in [3.8, 4) is 6.07 Å². The third-order valence-electron chi connectivity index (χ3n) is 4.50. The zero-order chi connectivity index (χ0) is 14.7. The van der Waals surface area contributed by atoms with Crippen LogP contribution in [-0.4, -0.2) is 29.6 Å². The van der Waals surface area contributed by atoms with Gasteiger partial charge in [0.25, 0.3) is 0 Å². The van der Waals surface area contributed by atoms with Crippen molar-refractivity contribution in [2.45, 2.75) is 38.1 Å². The van der Waals surface area contributed by atoms with E-state index in [1.807, 2.05) is 13.1 Å². The topological polar surface area (TPSA) is 73.6 Å². The van der Waals surface area contributed by atoms with Crippen molar-refractivity contribution in [3.05, 3.63) is 23.7 Å². The van der Waals surface area contributed by atoms with E-state index in [1.54, 1.807) is 6.33 Å². The Hall–Kier alpha value is -1.93. The third-order valence-corrected chi connectivity index (χ3v) is 4.50. The van der Waals surface area contributed by atoms with Gasteiger partial charge in [0.05, 0.1) is 22.9 Å². The molecule has 1 heterocycles. The van der Waals surface area contributed by atoms with Crippen LogP contribution in [0.4, 0.5) is 5.82 Å². The van der Waals surface area contributed by atoms with Crippen molar-refractivity contribution >= 4 is 11.4 Å². The lowest BCUT2D eigenvalue weighted by molar-refractivity contribution is 0.331. The molecule has 0 saturated heterocycles. The number of hydrogen-bond acceptors (Lipinski definition) is 5. The number of nitrogens with zero attached hydrogens (tertiary/aromatic N) is 3. The van der Waals surface area contributed by atoms with E-state index in [1.165, 1.54) is 12.8 Å². The molecule has 1 saturated carbocycles. The Morgan fingerprint density at radius 1 is 1.29 bits per heavy atom. The second kappa shape index (κ2) is 6.23. The summed E-state index contributed by atoms with van der Waals surface area (Å²) >= 11 is 0. The van der Waals surface area contributed by atoms with Crippen LogP contribution in [0, 0.1) is 17.2 Å². The highest BCUT2D eigenvalue weighted by Crippen LogP contribution is 2.32. The number of nitrogens with one attached hydrogen (secondary N) is 2. The predicted molar refractivity (Wildman–Crippen MR) is 82.6 cm³/mol. The van der Waals surface area contributed by atoms with Crippen LogP contribution in [0.2, 0.25) is 0 Å². The maximum Gasteiger partial charge on any atom is 0.138 e. The van der Waals surface area contributed by atoms with Gasteiger partial charge in [-0.05, 0) is 45.2 Å². The number of nitriles is 1. The van der Waals surface area contributed by atoms with Crippen LogP contribution in [0.15, 0.2) is 12.4 Å². The molecule has 110 valence electrons. The number of rotatable bonds is 4. The van der Waals surface area contributed by atoms with Gasteiger partial charge in [0.15, 0.2) is 0 Å². The van der Waals surface area contributed by atoms with Crippen LogP contribution in [-0.2, 0) is 6.42 Å². The van der Waals surface area contributed by atoms with Gasteiger partial charge in [0.2, 0.25) is 0 Å². The van der Waals surface area contributed by atoms with Gasteiger partial charge in [-0.2, -0.15) is 5.26 Å². The summed E-state index contributed by atoms with van der Waals surface area (Å²) in [7, 11) is 2.02. The Balaban J connectivity index is 1.69. The van der Waals surface area contributed by atoms with Crippen molar-refractivity contribution in [3.63, 3.8) is 0 Å². The zero-order valence-electron chi connectivity index (χ0n) is 12.4. The summed E-state index contributed by atoms with van der Waals surface area (Å²) in [5.74, 6) is 1.63. The van der Waals surface area contributed by atoms with Gasteiger partial charge in [0, 0.05) is 12.5 Å². The minimum Gasteiger partial charge on any atom is -0.367 e. The molecule has 0 spiro atoms. The largest absolute Gasteiger partial charge is 0.367 e.